The zero-order chi connectivity index (χ0) is 17.2. The van der Waals surface area contributed by atoms with Crippen LogP contribution in [0.2, 0.25) is 0 Å². The average Bonchev–Trinajstić information content (AvgIpc) is 2.58. The van der Waals surface area contributed by atoms with Crippen LogP contribution in [0.5, 0.6) is 0 Å². The van der Waals surface area contributed by atoms with Gasteiger partial charge in [-0.1, -0.05) is 30.3 Å². The van der Waals surface area contributed by atoms with E-state index in [0.29, 0.717) is 18.5 Å². The molecule has 0 aliphatic carbocycles. The lowest BCUT2D eigenvalue weighted by Gasteiger charge is -2.37. The summed E-state index contributed by atoms with van der Waals surface area (Å²) in [5.74, 6) is 0. The number of benzene rings is 1. The summed E-state index contributed by atoms with van der Waals surface area (Å²) in [6, 6.07) is 10.8. The fourth-order valence-electron chi connectivity index (χ4n) is 2.90. The molecule has 126 valence electrons. The molecular weight excluding hydrogens is 310 g/mol. The van der Waals surface area contributed by atoms with Crippen molar-refractivity contribution in [3.63, 3.8) is 0 Å². The first-order chi connectivity index (χ1) is 11.5. The SMILES string of the molecule is O=C(O)N1CCC(O)(Cn2cnc(-c3ccccc3)cc2=O)CC1. The second kappa shape index (κ2) is 6.45. The van der Waals surface area contributed by atoms with Crippen LogP contribution in [-0.4, -0.2) is 49.4 Å². The number of carbonyl (C=O) groups is 1. The van der Waals surface area contributed by atoms with Gasteiger partial charge in [0.15, 0.2) is 0 Å². The molecule has 3 rings (SSSR count). The lowest BCUT2D eigenvalue weighted by molar-refractivity contribution is -0.0305. The van der Waals surface area contributed by atoms with Crippen LogP contribution in [0, 0.1) is 0 Å². The first kappa shape index (κ1) is 16.2. The van der Waals surface area contributed by atoms with Crippen LogP contribution in [0.1, 0.15) is 12.8 Å². The van der Waals surface area contributed by atoms with Gasteiger partial charge in [0.25, 0.3) is 5.56 Å². The Kier molecular flexibility index (Phi) is 4.35. The van der Waals surface area contributed by atoms with Gasteiger partial charge in [0.1, 0.15) is 0 Å². The minimum absolute atomic E-state index is 0.112. The molecular formula is C17H19N3O4. The van der Waals surface area contributed by atoms with Crippen molar-refractivity contribution in [1.29, 1.82) is 0 Å². The molecule has 7 heteroatoms. The highest BCUT2D eigenvalue weighted by Gasteiger charge is 2.34. The van der Waals surface area contributed by atoms with Crippen molar-refractivity contribution in [3.8, 4) is 11.3 Å². The number of piperidine rings is 1. The maximum absolute atomic E-state index is 12.3. The molecule has 1 aliphatic heterocycles. The number of carboxylic acid groups (broad SMARTS) is 1. The Morgan fingerprint density at radius 2 is 1.88 bits per heavy atom. The van der Waals surface area contributed by atoms with Gasteiger partial charge < -0.3 is 15.1 Å². The van der Waals surface area contributed by atoms with Crippen LogP contribution < -0.4 is 5.56 Å². The minimum Gasteiger partial charge on any atom is -0.465 e. The van der Waals surface area contributed by atoms with Crippen molar-refractivity contribution in [2.24, 2.45) is 0 Å². The highest BCUT2D eigenvalue weighted by Crippen LogP contribution is 2.24. The third-order valence-corrected chi connectivity index (χ3v) is 4.38. The summed E-state index contributed by atoms with van der Waals surface area (Å²) in [6.07, 6.45) is 1.05. The van der Waals surface area contributed by atoms with Gasteiger partial charge in [-0.3, -0.25) is 9.36 Å². The maximum Gasteiger partial charge on any atom is 0.407 e. The number of likely N-dealkylation sites (tertiary alicyclic amines) is 1. The van der Waals surface area contributed by atoms with Gasteiger partial charge >= 0.3 is 6.09 Å². The van der Waals surface area contributed by atoms with Crippen LogP contribution in [-0.2, 0) is 6.54 Å². The Morgan fingerprint density at radius 1 is 1.21 bits per heavy atom. The molecule has 1 aromatic carbocycles. The fourth-order valence-corrected chi connectivity index (χ4v) is 2.90. The fraction of sp³-hybridized carbons (Fsp3) is 0.353. The Morgan fingerprint density at radius 3 is 2.46 bits per heavy atom. The van der Waals surface area contributed by atoms with Crippen molar-refractivity contribution >= 4 is 6.09 Å². The summed E-state index contributed by atoms with van der Waals surface area (Å²) in [4.78, 5) is 28.8. The summed E-state index contributed by atoms with van der Waals surface area (Å²) in [6.45, 7) is 0.633. The summed E-state index contributed by atoms with van der Waals surface area (Å²) >= 11 is 0. The third-order valence-electron chi connectivity index (χ3n) is 4.38. The Bertz CT molecular complexity index is 780. The molecule has 1 saturated heterocycles. The molecule has 0 saturated carbocycles. The first-order valence-electron chi connectivity index (χ1n) is 7.79. The van der Waals surface area contributed by atoms with Gasteiger partial charge in [-0.05, 0) is 12.8 Å². The lowest BCUT2D eigenvalue weighted by atomic mass is 9.91. The van der Waals surface area contributed by atoms with E-state index < -0.39 is 11.7 Å². The van der Waals surface area contributed by atoms with E-state index in [1.807, 2.05) is 30.3 Å². The van der Waals surface area contributed by atoms with Gasteiger partial charge in [0.05, 0.1) is 24.2 Å². The van der Waals surface area contributed by atoms with Crippen LogP contribution in [0.25, 0.3) is 11.3 Å². The van der Waals surface area contributed by atoms with Crippen LogP contribution in [0.3, 0.4) is 0 Å². The molecule has 7 nitrogen and oxygen atoms in total. The van der Waals surface area contributed by atoms with Gasteiger partial charge in [0, 0.05) is 24.7 Å². The van der Waals surface area contributed by atoms with Crippen molar-refractivity contribution in [2.75, 3.05) is 13.1 Å². The number of rotatable bonds is 3. The maximum atomic E-state index is 12.3. The summed E-state index contributed by atoms with van der Waals surface area (Å²) in [7, 11) is 0. The normalized spacial score (nSPS) is 16.8. The van der Waals surface area contributed by atoms with Crippen LogP contribution >= 0.6 is 0 Å². The quantitative estimate of drug-likeness (QED) is 0.888. The second-order valence-corrected chi connectivity index (χ2v) is 6.10. The van der Waals surface area contributed by atoms with Crippen LogP contribution in [0.4, 0.5) is 4.79 Å². The van der Waals surface area contributed by atoms with Crippen molar-refractivity contribution in [3.05, 3.63) is 53.1 Å². The summed E-state index contributed by atoms with van der Waals surface area (Å²) in [5, 5.41) is 19.6. The minimum atomic E-state index is -1.09. The zero-order valence-electron chi connectivity index (χ0n) is 13.1. The average molecular weight is 329 g/mol. The number of nitrogens with zero attached hydrogens (tertiary/aromatic N) is 3. The van der Waals surface area contributed by atoms with E-state index in [0.717, 1.165) is 5.56 Å². The topological polar surface area (TPSA) is 95.7 Å². The molecule has 0 radical (unpaired) electrons. The van der Waals surface area contributed by atoms with E-state index >= 15 is 0 Å². The molecule has 0 unspecified atom stereocenters. The highest BCUT2D eigenvalue weighted by molar-refractivity contribution is 5.65. The predicted molar refractivity (Wildman–Crippen MR) is 87.7 cm³/mol. The molecule has 2 N–H and O–H groups in total. The van der Waals surface area contributed by atoms with E-state index in [2.05, 4.69) is 4.98 Å². The van der Waals surface area contributed by atoms with Gasteiger partial charge in [-0.25, -0.2) is 9.78 Å². The third kappa shape index (κ3) is 3.46. The smallest absolute Gasteiger partial charge is 0.407 e. The molecule has 1 fully saturated rings. The van der Waals surface area contributed by atoms with Crippen molar-refractivity contribution in [1.82, 2.24) is 14.5 Å². The number of hydrogen-bond donors (Lipinski definition) is 2. The molecule has 0 bridgehead atoms. The summed E-state index contributed by atoms with van der Waals surface area (Å²) in [5.41, 5.74) is 0.115. The van der Waals surface area contributed by atoms with Crippen LogP contribution in [0.15, 0.2) is 47.5 Å². The standard InChI is InChI=1S/C17H19N3O4/c21-15-10-14(13-4-2-1-3-5-13)18-12-20(15)11-17(24)6-8-19(9-7-17)16(22)23/h1-5,10,12,24H,6-9,11H2,(H,22,23). The Hall–Kier alpha value is -2.67. The first-order valence-corrected chi connectivity index (χ1v) is 7.79. The van der Waals surface area contributed by atoms with Crippen molar-refractivity contribution < 1.29 is 15.0 Å². The molecule has 2 aromatic rings. The molecule has 1 aromatic heterocycles. The monoisotopic (exact) mass is 329 g/mol. The molecule has 24 heavy (non-hydrogen) atoms. The largest absolute Gasteiger partial charge is 0.465 e. The number of amides is 1. The van der Waals surface area contributed by atoms with E-state index in [4.69, 9.17) is 5.11 Å². The van der Waals surface area contributed by atoms with E-state index in [1.54, 1.807) is 0 Å². The predicted octanol–water partition coefficient (Wildman–Crippen LogP) is 1.42. The number of hydrogen-bond acceptors (Lipinski definition) is 4. The molecule has 2 heterocycles. The Balaban J connectivity index is 1.74. The van der Waals surface area contributed by atoms with Gasteiger partial charge in [-0.15, -0.1) is 0 Å². The van der Waals surface area contributed by atoms with E-state index in [9.17, 15) is 14.7 Å². The number of aromatic nitrogens is 2. The Labute approximate surface area is 138 Å². The summed E-state index contributed by atoms with van der Waals surface area (Å²) < 4.78 is 1.38. The molecule has 1 amide bonds. The molecule has 1 aliphatic rings. The zero-order valence-corrected chi connectivity index (χ0v) is 13.1. The number of aliphatic hydroxyl groups is 1. The van der Waals surface area contributed by atoms with Gasteiger partial charge in [-0.2, -0.15) is 0 Å². The lowest BCUT2D eigenvalue weighted by Crippen LogP contribution is -2.49. The van der Waals surface area contributed by atoms with E-state index in [-0.39, 0.29) is 25.2 Å². The van der Waals surface area contributed by atoms with Gasteiger partial charge in [0.2, 0.25) is 0 Å². The second-order valence-electron chi connectivity index (χ2n) is 6.10. The van der Waals surface area contributed by atoms with E-state index in [1.165, 1.54) is 21.9 Å². The van der Waals surface area contributed by atoms with Crippen molar-refractivity contribution in [2.45, 2.75) is 25.0 Å². The molecule has 0 spiro atoms. The highest BCUT2D eigenvalue weighted by atomic mass is 16.4. The molecule has 0 atom stereocenters.